The molecule has 0 amide bonds. The molecule has 1 heterocycles. The molecule has 1 aromatic heterocycles. The maximum Gasteiger partial charge on any atom is 0.0372 e. The third kappa shape index (κ3) is 1.91. The van der Waals surface area contributed by atoms with Crippen molar-refractivity contribution < 1.29 is 20.1 Å². The second-order valence-corrected chi connectivity index (χ2v) is 6.61. The Bertz CT molecular complexity index is 894. The van der Waals surface area contributed by atoms with Gasteiger partial charge < -0.3 is 0 Å². The average Bonchev–Trinajstić information content (AvgIpc) is 2.68. The van der Waals surface area contributed by atoms with Gasteiger partial charge in [0.2, 0.25) is 0 Å². The number of hydrogen-bond acceptors (Lipinski definition) is 1. The van der Waals surface area contributed by atoms with E-state index in [9.17, 15) is 0 Å². The summed E-state index contributed by atoms with van der Waals surface area (Å²) >= 11 is 0. The second kappa shape index (κ2) is 5.01. The van der Waals surface area contributed by atoms with Crippen molar-refractivity contribution in [1.82, 2.24) is 4.98 Å². The quantitative estimate of drug-likeness (QED) is 0.429. The largest absolute Gasteiger partial charge is 0.266 e. The molecule has 0 saturated heterocycles. The smallest absolute Gasteiger partial charge is 0.0372 e. The van der Waals surface area contributed by atoms with Crippen LogP contribution in [0.3, 0.4) is 0 Å². The minimum atomic E-state index is 0. The van der Waals surface area contributed by atoms with Crippen LogP contribution in [-0.4, -0.2) is 4.98 Å². The van der Waals surface area contributed by atoms with Crippen LogP contribution < -0.4 is 0 Å². The van der Waals surface area contributed by atoms with E-state index < -0.39 is 0 Å². The van der Waals surface area contributed by atoms with Gasteiger partial charge in [-0.2, -0.15) is 0 Å². The number of nitrogens with zero attached hydrogens (tertiary/aromatic N) is 1. The molecular weight excluding hydrogens is 446 g/mol. The molecule has 113 valence electrons. The maximum absolute atomic E-state index is 4.68. The van der Waals surface area contributed by atoms with E-state index in [0.29, 0.717) is 0 Å². The van der Waals surface area contributed by atoms with Crippen LogP contribution >= 0.6 is 0 Å². The molecule has 4 rings (SSSR count). The zero-order valence-electron chi connectivity index (χ0n) is 13.2. The molecule has 1 aliphatic carbocycles. The van der Waals surface area contributed by atoms with E-state index in [2.05, 4.69) is 63.0 Å². The summed E-state index contributed by atoms with van der Waals surface area (Å²) in [7, 11) is 0. The third-order valence-corrected chi connectivity index (χ3v) is 4.78. The first-order chi connectivity index (χ1) is 10.00. The summed E-state index contributed by atoms with van der Waals surface area (Å²) in [6, 6.07) is 14.4. The minimum absolute atomic E-state index is 0. The van der Waals surface area contributed by atoms with E-state index in [0.717, 1.165) is 5.52 Å². The van der Waals surface area contributed by atoms with Crippen LogP contribution in [0.15, 0.2) is 36.5 Å². The number of aromatic nitrogens is 1. The van der Waals surface area contributed by atoms with Gasteiger partial charge in [0.05, 0.1) is 0 Å². The molecule has 0 saturated carbocycles. The SMILES string of the molecule is Cc1c[c-]c2c(c1)C(C)(C)c1cc(C)c3cccnc3c1-2.[Ir]. The van der Waals surface area contributed by atoms with Gasteiger partial charge in [-0.25, -0.2) is 0 Å². The number of aryl methyl sites for hydroxylation is 2. The Morgan fingerprint density at radius 3 is 2.64 bits per heavy atom. The summed E-state index contributed by atoms with van der Waals surface area (Å²) in [5, 5.41) is 1.24. The molecular formula is C20H18IrN-. The van der Waals surface area contributed by atoms with Gasteiger partial charge in [-0.05, 0) is 29.4 Å². The van der Waals surface area contributed by atoms with Gasteiger partial charge in [-0.3, -0.25) is 4.98 Å². The fourth-order valence-corrected chi connectivity index (χ4v) is 3.61. The molecule has 0 bridgehead atoms. The Labute approximate surface area is 145 Å². The zero-order valence-corrected chi connectivity index (χ0v) is 15.6. The monoisotopic (exact) mass is 465 g/mol. The van der Waals surface area contributed by atoms with Gasteiger partial charge in [-0.1, -0.05) is 44.0 Å². The summed E-state index contributed by atoms with van der Waals surface area (Å²) in [6.07, 6.45) is 1.89. The van der Waals surface area contributed by atoms with E-state index in [1.807, 2.05) is 12.3 Å². The Morgan fingerprint density at radius 1 is 1.09 bits per heavy atom. The van der Waals surface area contributed by atoms with Crippen molar-refractivity contribution in [2.45, 2.75) is 33.1 Å². The molecule has 3 aromatic rings. The van der Waals surface area contributed by atoms with Crippen molar-refractivity contribution in [3.05, 3.63) is 64.8 Å². The van der Waals surface area contributed by atoms with E-state index in [1.54, 1.807) is 0 Å². The third-order valence-electron chi connectivity index (χ3n) is 4.78. The summed E-state index contributed by atoms with van der Waals surface area (Å²) < 4.78 is 0. The first-order valence-electron chi connectivity index (χ1n) is 7.42. The molecule has 0 spiro atoms. The standard InChI is InChI=1S/C20H18N.Ir/c1-12-7-8-15-16(10-12)20(3,4)17-11-13(2)14-6-5-9-21-19(14)18(15)17;/h5-7,9-11H,1-4H3;/q-1;. The van der Waals surface area contributed by atoms with Crippen molar-refractivity contribution >= 4 is 10.9 Å². The topological polar surface area (TPSA) is 12.9 Å². The predicted molar refractivity (Wildman–Crippen MR) is 87.6 cm³/mol. The predicted octanol–water partition coefficient (Wildman–Crippen LogP) is 4.96. The molecule has 2 aromatic carbocycles. The van der Waals surface area contributed by atoms with Gasteiger partial charge in [-0.15, -0.1) is 34.9 Å². The minimum Gasteiger partial charge on any atom is -0.266 e. The van der Waals surface area contributed by atoms with E-state index in [1.165, 1.54) is 38.8 Å². The molecule has 2 heteroatoms. The average molecular weight is 465 g/mol. The first kappa shape index (κ1) is 15.4. The fraction of sp³-hybridized carbons (Fsp3) is 0.250. The van der Waals surface area contributed by atoms with Crippen LogP contribution in [0, 0.1) is 19.9 Å². The van der Waals surface area contributed by atoms with Crippen LogP contribution in [0.25, 0.3) is 22.0 Å². The summed E-state index contributed by atoms with van der Waals surface area (Å²) in [4.78, 5) is 4.68. The van der Waals surface area contributed by atoms with Crippen LogP contribution in [0.4, 0.5) is 0 Å². The maximum atomic E-state index is 4.68. The number of hydrogen-bond donors (Lipinski definition) is 0. The molecule has 1 radical (unpaired) electrons. The Morgan fingerprint density at radius 2 is 1.86 bits per heavy atom. The van der Waals surface area contributed by atoms with Gasteiger partial charge >= 0.3 is 0 Å². The van der Waals surface area contributed by atoms with Gasteiger partial charge in [0.1, 0.15) is 0 Å². The van der Waals surface area contributed by atoms with Crippen molar-refractivity contribution in [2.75, 3.05) is 0 Å². The normalized spacial score (nSPS) is 14.4. The Kier molecular flexibility index (Phi) is 3.51. The zero-order chi connectivity index (χ0) is 14.8. The van der Waals surface area contributed by atoms with Crippen molar-refractivity contribution in [3.8, 4) is 11.1 Å². The molecule has 22 heavy (non-hydrogen) atoms. The Balaban J connectivity index is 0.00000144. The van der Waals surface area contributed by atoms with Crippen molar-refractivity contribution in [3.63, 3.8) is 0 Å². The van der Waals surface area contributed by atoms with Crippen LogP contribution in [0.2, 0.25) is 0 Å². The van der Waals surface area contributed by atoms with Gasteiger partial charge in [0, 0.05) is 31.8 Å². The van der Waals surface area contributed by atoms with E-state index >= 15 is 0 Å². The molecule has 1 nitrogen and oxygen atoms in total. The van der Waals surface area contributed by atoms with E-state index in [4.69, 9.17) is 0 Å². The van der Waals surface area contributed by atoms with Crippen LogP contribution in [0.1, 0.15) is 36.1 Å². The molecule has 0 unspecified atom stereocenters. The summed E-state index contributed by atoms with van der Waals surface area (Å²) in [6.45, 7) is 8.92. The van der Waals surface area contributed by atoms with Crippen LogP contribution in [0.5, 0.6) is 0 Å². The van der Waals surface area contributed by atoms with Gasteiger partial charge in [0.15, 0.2) is 0 Å². The molecule has 0 fully saturated rings. The van der Waals surface area contributed by atoms with Crippen LogP contribution in [-0.2, 0) is 25.5 Å². The fourth-order valence-electron chi connectivity index (χ4n) is 3.61. The van der Waals surface area contributed by atoms with Gasteiger partial charge in [0.25, 0.3) is 0 Å². The van der Waals surface area contributed by atoms with Crippen molar-refractivity contribution in [1.29, 1.82) is 0 Å². The number of benzene rings is 2. The molecule has 1 aliphatic rings. The molecule has 0 aliphatic heterocycles. The number of fused-ring (bicyclic) bond motifs is 5. The molecule has 0 N–H and O–H groups in total. The molecule has 0 atom stereocenters. The second-order valence-electron chi connectivity index (χ2n) is 6.61. The Hall–Kier alpha value is -1.50. The summed E-state index contributed by atoms with van der Waals surface area (Å²) in [5.41, 5.74) is 8.94. The van der Waals surface area contributed by atoms with Crippen molar-refractivity contribution in [2.24, 2.45) is 0 Å². The number of pyridine rings is 1. The van der Waals surface area contributed by atoms with E-state index in [-0.39, 0.29) is 25.5 Å². The first-order valence-corrected chi connectivity index (χ1v) is 7.42. The number of rotatable bonds is 0. The summed E-state index contributed by atoms with van der Waals surface area (Å²) in [5.74, 6) is 0.